The summed E-state index contributed by atoms with van der Waals surface area (Å²) in [6.45, 7) is 30.0. The van der Waals surface area contributed by atoms with Crippen molar-refractivity contribution in [3.63, 3.8) is 0 Å². The first-order valence-corrected chi connectivity index (χ1v) is 28.9. The number of aliphatic hydroxyl groups excluding tert-OH is 1. The number of hydrogen-bond donors (Lipinski definition) is 3. The SMILES string of the molecule is COc1c(O[Si](C)(C)C(C)(C)C)cc(C[C@H](NC(=O)OC(C)(C)C)C(=O)N2[C@H](CO)Cc3cc(C)c(OC)c(O[Si](C)(C)C(C)(C)C)c3[C@@H]2CNC(=O)OCc2ccccc2)c(Br)c1C. The number of alkyl carbamates (subject to hydrolysis) is 2. The Morgan fingerprint density at radius 1 is 0.846 bits per heavy atom. The highest BCUT2D eigenvalue weighted by molar-refractivity contribution is 9.10. The summed E-state index contributed by atoms with van der Waals surface area (Å²) in [5, 5.41) is 16.7. The number of aliphatic hydroxyl groups is 1. The van der Waals surface area contributed by atoms with Gasteiger partial charge in [0.15, 0.2) is 17.2 Å². The van der Waals surface area contributed by atoms with E-state index < -0.39 is 65.1 Å². The highest BCUT2D eigenvalue weighted by Crippen LogP contribution is 2.50. The second-order valence-corrected chi connectivity index (χ2v) is 31.2. The summed E-state index contributed by atoms with van der Waals surface area (Å²) in [4.78, 5) is 44.7. The summed E-state index contributed by atoms with van der Waals surface area (Å²) in [6, 6.07) is 10.2. The Bertz CT molecular complexity index is 2180. The zero-order chi connectivity index (χ0) is 49.0. The van der Waals surface area contributed by atoms with Crippen LogP contribution in [0, 0.1) is 13.8 Å². The molecule has 0 spiro atoms. The first-order valence-electron chi connectivity index (χ1n) is 22.3. The lowest BCUT2D eigenvalue weighted by atomic mass is 9.85. The van der Waals surface area contributed by atoms with Crippen LogP contribution in [0.3, 0.4) is 0 Å². The molecule has 3 aromatic rings. The average Bonchev–Trinajstić information content (AvgIpc) is 3.18. The van der Waals surface area contributed by atoms with Gasteiger partial charge in [0.25, 0.3) is 16.6 Å². The Balaban J connectivity index is 1.96. The maximum Gasteiger partial charge on any atom is 0.408 e. The molecular formula is C49H74BrN3O10Si2. The number of methoxy groups -OCH3 is 2. The van der Waals surface area contributed by atoms with Gasteiger partial charge >= 0.3 is 12.2 Å². The number of aryl methyl sites for hydroxylation is 1. The van der Waals surface area contributed by atoms with Gasteiger partial charge in [0.05, 0.1) is 32.9 Å². The van der Waals surface area contributed by atoms with Gasteiger partial charge in [-0.25, -0.2) is 9.59 Å². The van der Waals surface area contributed by atoms with Crippen LogP contribution in [0.4, 0.5) is 9.59 Å². The van der Waals surface area contributed by atoms with Crippen molar-refractivity contribution in [3.05, 3.63) is 80.3 Å². The van der Waals surface area contributed by atoms with E-state index >= 15 is 4.79 Å². The molecule has 0 bridgehead atoms. The number of carbonyl (C=O) groups is 3. The molecule has 16 heteroatoms. The zero-order valence-electron chi connectivity index (χ0n) is 41.8. The van der Waals surface area contributed by atoms with E-state index in [-0.39, 0.29) is 36.1 Å². The molecule has 0 unspecified atom stereocenters. The van der Waals surface area contributed by atoms with E-state index in [0.29, 0.717) is 38.6 Å². The van der Waals surface area contributed by atoms with Crippen molar-refractivity contribution >= 4 is 50.7 Å². The summed E-state index contributed by atoms with van der Waals surface area (Å²) in [7, 11) is -1.81. The van der Waals surface area contributed by atoms with Crippen molar-refractivity contribution in [2.75, 3.05) is 27.4 Å². The van der Waals surface area contributed by atoms with E-state index in [4.69, 9.17) is 27.8 Å². The first-order chi connectivity index (χ1) is 30.0. The number of amides is 3. The number of carbonyl (C=O) groups excluding carboxylic acids is 3. The second-order valence-electron chi connectivity index (χ2n) is 21.0. The van der Waals surface area contributed by atoms with E-state index in [1.165, 1.54) is 0 Å². The summed E-state index contributed by atoms with van der Waals surface area (Å²) in [5.41, 5.74) is 3.65. The summed E-state index contributed by atoms with van der Waals surface area (Å²) < 4.78 is 38.1. The van der Waals surface area contributed by atoms with Crippen LogP contribution < -0.4 is 29.0 Å². The van der Waals surface area contributed by atoms with Crippen molar-refractivity contribution in [2.24, 2.45) is 0 Å². The lowest BCUT2D eigenvalue weighted by Crippen LogP contribution is -2.59. The Morgan fingerprint density at radius 2 is 1.43 bits per heavy atom. The quantitative estimate of drug-likeness (QED) is 0.125. The molecule has 0 saturated carbocycles. The van der Waals surface area contributed by atoms with Crippen molar-refractivity contribution in [2.45, 2.75) is 156 Å². The van der Waals surface area contributed by atoms with Crippen LogP contribution >= 0.6 is 15.9 Å². The molecule has 3 aromatic carbocycles. The fraction of sp³-hybridized carbons (Fsp3) is 0.571. The molecule has 3 N–H and O–H groups in total. The molecule has 0 aliphatic carbocycles. The number of benzene rings is 3. The third-order valence-corrected chi connectivity index (χ3v) is 22.6. The largest absolute Gasteiger partial charge is 0.541 e. The van der Waals surface area contributed by atoms with Crippen LogP contribution in [-0.2, 0) is 33.7 Å². The minimum absolute atomic E-state index is 0.0112. The van der Waals surface area contributed by atoms with Gasteiger partial charge in [-0.1, -0.05) is 93.9 Å². The van der Waals surface area contributed by atoms with Crippen molar-refractivity contribution in [1.29, 1.82) is 0 Å². The van der Waals surface area contributed by atoms with E-state index in [0.717, 1.165) is 22.3 Å². The van der Waals surface area contributed by atoms with E-state index in [2.05, 4.69) is 94.3 Å². The van der Waals surface area contributed by atoms with Crippen LogP contribution in [-0.4, -0.2) is 89.8 Å². The fourth-order valence-electron chi connectivity index (χ4n) is 7.30. The highest BCUT2D eigenvalue weighted by atomic mass is 79.9. The Morgan fingerprint density at radius 3 is 1.97 bits per heavy atom. The number of ether oxygens (including phenoxy) is 4. The molecule has 1 aliphatic rings. The predicted octanol–water partition coefficient (Wildman–Crippen LogP) is 10.7. The maximum atomic E-state index is 15.8. The third-order valence-electron chi connectivity index (χ3n) is 12.8. The van der Waals surface area contributed by atoms with Crippen LogP contribution in [0.2, 0.25) is 36.3 Å². The average molecular weight is 1000 g/mol. The Hall–Kier alpha value is -4.26. The van der Waals surface area contributed by atoms with Gasteiger partial charge in [-0.2, -0.15) is 0 Å². The summed E-state index contributed by atoms with van der Waals surface area (Å²) in [5.74, 6) is 1.56. The molecule has 0 saturated heterocycles. The molecule has 1 aliphatic heterocycles. The van der Waals surface area contributed by atoms with Gasteiger partial charge in [-0.05, 0) is 106 Å². The molecular weight excluding hydrogens is 927 g/mol. The summed E-state index contributed by atoms with van der Waals surface area (Å²) >= 11 is 3.80. The lowest BCUT2D eigenvalue weighted by molar-refractivity contribution is -0.140. The summed E-state index contributed by atoms with van der Waals surface area (Å²) in [6.07, 6.45) is -1.26. The Labute approximate surface area is 398 Å². The first kappa shape index (κ1) is 53.4. The maximum absolute atomic E-state index is 15.8. The molecule has 1 heterocycles. The number of nitrogens with one attached hydrogen (secondary N) is 2. The molecule has 4 rings (SSSR count). The van der Waals surface area contributed by atoms with Gasteiger partial charge in [-0.15, -0.1) is 0 Å². The van der Waals surface area contributed by atoms with Crippen LogP contribution in [0.15, 0.2) is 46.9 Å². The monoisotopic (exact) mass is 999 g/mol. The number of hydrogen-bond acceptors (Lipinski definition) is 10. The van der Waals surface area contributed by atoms with E-state index in [9.17, 15) is 14.7 Å². The molecule has 0 aromatic heterocycles. The normalized spacial score (nSPS) is 16.2. The molecule has 0 radical (unpaired) electrons. The highest BCUT2D eigenvalue weighted by Gasteiger charge is 2.47. The van der Waals surface area contributed by atoms with Crippen molar-refractivity contribution in [1.82, 2.24) is 15.5 Å². The number of nitrogens with zero attached hydrogens (tertiary/aromatic N) is 1. The van der Waals surface area contributed by atoms with Gasteiger partial charge in [0.1, 0.15) is 24.0 Å². The molecule has 65 heavy (non-hydrogen) atoms. The number of halogens is 1. The number of fused-ring (bicyclic) bond motifs is 1. The lowest BCUT2D eigenvalue weighted by Gasteiger charge is -2.46. The van der Waals surface area contributed by atoms with Crippen molar-refractivity contribution in [3.8, 4) is 23.0 Å². The fourth-order valence-corrected chi connectivity index (χ4v) is 9.79. The molecule has 360 valence electrons. The van der Waals surface area contributed by atoms with Crippen molar-refractivity contribution < 1.29 is 47.3 Å². The van der Waals surface area contributed by atoms with E-state index in [1.54, 1.807) is 39.9 Å². The predicted molar refractivity (Wildman–Crippen MR) is 264 cm³/mol. The standard InChI is InChI=1S/C49H74BrN3O10Si2/c1-30-23-33-24-35(28-54)53(37(27-51-45(56)60-29-32-21-19-18-20-22-32)39(33)43(41(30)58-12)63-65(16,17)49(9,10)11)44(55)36(52-46(57)61-47(3,4)5)25-34-26-38(42(59-13)31(2)40(34)50)62-64(14,15)48(6,7)8/h18-23,26,35-37,54H,24-25,27-29H2,1-17H3,(H,51,56)(H,52,57)/t35-,36-,37-/m0/s1. The minimum atomic E-state index is -2.59. The Kier molecular flexibility index (Phi) is 17.0. The van der Waals surface area contributed by atoms with Gasteiger partial charge in [-0.3, -0.25) is 4.79 Å². The number of rotatable bonds is 15. The smallest absolute Gasteiger partial charge is 0.408 e. The zero-order valence-corrected chi connectivity index (χ0v) is 45.3. The minimum Gasteiger partial charge on any atom is -0.541 e. The molecule has 3 amide bonds. The molecule has 13 nitrogen and oxygen atoms in total. The van der Waals surface area contributed by atoms with E-state index in [1.807, 2.05) is 56.3 Å². The van der Waals surface area contributed by atoms with Crippen LogP contribution in [0.5, 0.6) is 23.0 Å². The van der Waals surface area contributed by atoms with Crippen LogP contribution in [0.25, 0.3) is 0 Å². The van der Waals surface area contributed by atoms with Crippen LogP contribution in [0.1, 0.15) is 102 Å². The second kappa shape index (κ2) is 20.7. The van der Waals surface area contributed by atoms with Gasteiger partial charge in [0, 0.05) is 28.6 Å². The van der Waals surface area contributed by atoms with Gasteiger partial charge in [0.2, 0.25) is 5.91 Å². The molecule has 0 fully saturated rings. The molecule has 3 atom stereocenters. The third kappa shape index (κ3) is 12.8. The van der Waals surface area contributed by atoms with Gasteiger partial charge < -0.3 is 48.4 Å². The topological polar surface area (TPSA) is 154 Å².